The Labute approximate surface area is 146 Å². The Hall–Kier alpha value is -2.50. The van der Waals surface area contributed by atoms with Crippen molar-refractivity contribution in [1.29, 1.82) is 0 Å². The van der Waals surface area contributed by atoms with Gasteiger partial charge in [0.25, 0.3) is 5.56 Å². The van der Waals surface area contributed by atoms with Gasteiger partial charge in [-0.25, -0.2) is 4.98 Å². The Bertz CT molecular complexity index is 922. The van der Waals surface area contributed by atoms with Gasteiger partial charge < -0.3 is 0 Å². The van der Waals surface area contributed by atoms with Crippen LogP contribution in [-0.4, -0.2) is 21.4 Å². The molecule has 0 saturated carbocycles. The summed E-state index contributed by atoms with van der Waals surface area (Å²) < 4.78 is 1.42. The minimum atomic E-state index is -0.687. The quantitative estimate of drug-likeness (QED) is 0.850. The van der Waals surface area contributed by atoms with Crippen LogP contribution in [0.2, 0.25) is 0 Å². The van der Waals surface area contributed by atoms with Gasteiger partial charge in [0.05, 0.1) is 10.9 Å². The molecule has 1 saturated heterocycles. The van der Waals surface area contributed by atoms with E-state index in [1.165, 1.54) is 4.57 Å². The zero-order chi connectivity index (χ0) is 18.4. The van der Waals surface area contributed by atoms with E-state index < -0.39 is 11.9 Å². The number of fused-ring (bicyclic) bond motifs is 1. The molecule has 2 heterocycles. The summed E-state index contributed by atoms with van der Waals surface area (Å²) in [7, 11) is 0. The van der Waals surface area contributed by atoms with Crippen molar-refractivity contribution in [2.45, 2.75) is 53.0 Å². The number of benzene rings is 1. The molecule has 6 heteroatoms. The van der Waals surface area contributed by atoms with Gasteiger partial charge in [-0.05, 0) is 42.9 Å². The molecule has 0 radical (unpaired) electrons. The number of imide groups is 1. The van der Waals surface area contributed by atoms with Gasteiger partial charge in [0.1, 0.15) is 11.9 Å². The maximum Gasteiger partial charge on any atom is 0.262 e. The average Bonchev–Trinajstić information content (AvgIpc) is 2.48. The van der Waals surface area contributed by atoms with Gasteiger partial charge >= 0.3 is 0 Å². The molecular weight excluding hydrogens is 318 g/mol. The van der Waals surface area contributed by atoms with Gasteiger partial charge in [0.2, 0.25) is 11.8 Å². The van der Waals surface area contributed by atoms with Crippen molar-refractivity contribution in [2.24, 2.45) is 5.41 Å². The molecule has 1 aromatic carbocycles. The lowest BCUT2D eigenvalue weighted by Crippen LogP contribution is -2.45. The van der Waals surface area contributed by atoms with E-state index in [0.717, 1.165) is 12.0 Å². The number of nitrogens with zero attached hydrogens (tertiary/aromatic N) is 2. The molecule has 1 aliphatic rings. The van der Waals surface area contributed by atoms with Gasteiger partial charge in [0.15, 0.2) is 0 Å². The third kappa shape index (κ3) is 3.48. The van der Waals surface area contributed by atoms with E-state index in [4.69, 9.17) is 0 Å². The van der Waals surface area contributed by atoms with E-state index in [2.05, 4.69) is 31.1 Å². The Balaban J connectivity index is 2.12. The SMILES string of the molecule is Cc1nc2ccc(CC(C)(C)C)cc2c(=O)n1C1CCC(=O)NC1=O. The maximum atomic E-state index is 13.1. The van der Waals surface area contributed by atoms with Crippen LogP contribution < -0.4 is 10.9 Å². The topological polar surface area (TPSA) is 81.1 Å². The summed E-state index contributed by atoms with van der Waals surface area (Å²) in [5.41, 5.74) is 1.57. The number of hydrogen-bond donors (Lipinski definition) is 1. The number of aryl methyl sites for hydroxylation is 1. The fourth-order valence-corrected chi connectivity index (χ4v) is 3.37. The number of rotatable bonds is 2. The average molecular weight is 341 g/mol. The van der Waals surface area contributed by atoms with E-state index in [9.17, 15) is 14.4 Å². The van der Waals surface area contributed by atoms with Gasteiger partial charge in [-0.2, -0.15) is 0 Å². The van der Waals surface area contributed by atoms with Gasteiger partial charge in [-0.1, -0.05) is 26.8 Å². The molecule has 3 rings (SSSR count). The third-order valence-electron chi connectivity index (χ3n) is 4.40. The number of nitrogens with one attached hydrogen (secondary N) is 1. The molecule has 6 nitrogen and oxygen atoms in total. The van der Waals surface area contributed by atoms with Gasteiger partial charge in [0, 0.05) is 6.42 Å². The van der Waals surface area contributed by atoms with Crippen LogP contribution in [-0.2, 0) is 16.0 Å². The van der Waals surface area contributed by atoms with E-state index in [1.54, 1.807) is 6.92 Å². The first-order valence-electron chi connectivity index (χ1n) is 8.51. The van der Waals surface area contributed by atoms with Crippen LogP contribution >= 0.6 is 0 Å². The van der Waals surface area contributed by atoms with Crippen molar-refractivity contribution in [3.8, 4) is 0 Å². The Morgan fingerprint density at radius 1 is 1.24 bits per heavy atom. The lowest BCUT2D eigenvalue weighted by Gasteiger charge is -2.24. The lowest BCUT2D eigenvalue weighted by atomic mass is 9.88. The van der Waals surface area contributed by atoms with Crippen molar-refractivity contribution in [2.75, 3.05) is 0 Å². The number of carbonyl (C=O) groups excluding carboxylic acids is 2. The van der Waals surface area contributed by atoms with Crippen LogP contribution in [0, 0.1) is 12.3 Å². The second kappa shape index (κ2) is 6.10. The summed E-state index contributed by atoms with van der Waals surface area (Å²) in [6, 6.07) is 5.04. The maximum absolute atomic E-state index is 13.1. The molecule has 2 amide bonds. The highest BCUT2D eigenvalue weighted by atomic mass is 16.2. The lowest BCUT2D eigenvalue weighted by molar-refractivity contribution is -0.135. The summed E-state index contributed by atoms with van der Waals surface area (Å²) in [6.45, 7) is 8.15. The second-order valence-electron chi connectivity index (χ2n) is 7.89. The molecule has 1 aromatic heterocycles. The number of hydrogen-bond acceptors (Lipinski definition) is 4. The Morgan fingerprint density at radius 3 is 2.60 bits per heavy atom. The van der Waals surface area contributed by atoms with Gasteiger partial charge in [-0.15, -0.1) is 0 Å². The summed E-state index contributed by atoms with van der Waals surface area (Å²) in [6.07, 6.45) is 1.39. The molecular formula is C19H23N3O3. The summed E-state index contributed by atoms with van der Waals surface area (Å²) in [4.78, 5) is 41.1. The summed E-state index contributed by atoms with van der Waals surface area (Å²) in [5.74, 6) is -0.253. The summed E-state index contributed by atoms with van der Waals surface area (Å²) >= 11 is 0. The van der Waals surface area contributed by atoms with E-state index in [0.29, 0.717) is 23.1 Å². The largest absolute Gasteiger partial charge is 0.295 e. The molecule has 0 spiro atoms. The van der Waals surface area contributed by atoms with E-state index >= 15 is 0 Å². The first-order valence-corrected chi connectivity index (χ1v) is 8.51. The molecule has 132 valence electrons. The first-order chi connectivity index (χ1) is 11.7. The van der Waals surface area contributed by atoms with Crippen LogP contribution in [0.5, 0.6) is 0 Å². The van der Waals surface area contributed by atoms with Gasteiger partial charge in [-0.3, -0.25) is 24.3 Å². The number of carbonyl (C=O) groups is 2. The zero-order valence-electron chi connectivity index (χ0n) is 15.0. The highest BCUT2D eigenvalue weighted by molar-refractivity contribution is 5.99. The highest BCUT2D eigenvalue weighted by Crippen LogP contribution is 2.24. The first kappa shape index (κ1) is 17.3. The second-order valence-corrected chi connectivity index (χ2v) is 7.89. The molecule has 1 unspecified atom stereocenters. The standard InChI is InChI=1S/C19H23N3O3/c1-11-20-14-6-5-12(10-19(2,3)4)9-13(14)18(25)22(11)15-7-8-16(23)21-17(15)24/h5-6,9,15H,7-8,10H2,1-4H3,(H,21,23,24). The Morgan fingerprint density at radius 2 is 1.96 bits per heavy atom. The molecule has 1 aliphatic heterocycles. The van der Waals surface area contributed by atoms with Crippen LogP contribution in [0.25, 0.3) is 10.9 Å². The van der Waals surface area contributed by atoms with Crippen molar-refractivity contribution < 1.29 is 9.59 Å². The number of amides is 2. The van der Waals surface area contributed by atoms with E-state index in [1.807, 2.05) is 18.2 Å². The van der Waals surface area contributed by atoms with Crippen LogP contribution in [0.15, 0.2) is 23.0 Å². The molecule has 1 fully saturated rings. The number of aromatic nitrogens is 2. The minimum Gasteiger partial charge on any atom is -0.295 e. The minimum absolute atomic E-state index is 0.106. The molecule has 2 aromatic rings. The fraction of sp³-hybridized carbons (Fsp3) is 0.474. The monoisotopic (exact) mass is 341 g/mol. The van der Waals surface area contributed by atoms with Crippen molar-refractivity contribution >= 4 is 22.7 Å². The number of piperidine rings is 1. The predicted molar refractivity (Wildman–Crippen MR) is 95.3 cm³/mol. The molecule has 0 bridgehead atoms. The molecule has 25 heavy (non-hydrogen) atoms. The van der Waals surface area contributed by atoms with E-state index in [-0.39, 0.29) is 23.3 Å². The third-order valence-corrected chi connectivity index (χ3v) is 4.40. The van der Waals surface area contributed by atoms with Crippen LogP contribution in [0.3, 0.4) is 0 Å². The molecule has 1 atom stereocenters. The molecule has 0 aliphatic carbocycles. The summed E-state index contributed by atoms with van der Waals surface area (Å²) in [5, 5.41) is 2.82. The fourth-order valence-electron chi connectivity index (χ4n) is 3.37. The van der Waals surface area contributed by atoms with Crippen molar-refractivity contribution in [3.05, 3.63) is 39.9 Å². The highest BCUT2D eigenvalue weighted by Gasteiger charge is 2.30. The van der Waals surface area contributed by atoms with Crippen LogP contribution in [0.1, 0.15) is 51.0 Å². The Kier molecular flexibility index (Phi) is 4.22. The normalized spacial score (nSPS) is 18.5. The van der Waals surface area contributed by atoms with Crippen LogP contribution in [0.4, 0.5) is 0 Å². The predicted octanol–water partition coefficient (Wildman–Crippen LogP) is 2.27. The smallest absolute Gasteiger partial charge is 0.262 e. The van der Waals surface area contributed by atoms with Crippen molar-refractivity contribution in [1.82, 2.24) is 14.9 Å². The zero-order valence-corrected chi connectivity index (χ0v) is 15.0. The van der Waals surface area contributed by atoms with Crippen molar-refractivity contribution in [3.63, 3.8) is 0 Å². The molecule has 1 N–H and O–H groups in total.